The number of methoxy groups -OCH3 is 1. The fraction of sp³-hybridized carbons (Fsp3) is 0.467. The van der Waals surface area contributed by atoms with Gasteiger partial charge < -0.3 is 10.5 Å². The number of halogens is 1. The van der Waals surface area contributed by atoms with E-state index < -0.39 is 5.82 Å². The van der Waals surface area contributed by atoms with E-state index in [1.54, 1.807) is 6.07 Å². The molecule has 5 nitrogen and oxygen atoms in total. The van der Waals surface area contributed by atoms with E-state index in [4.69, 9.17) is 10.5 Å². The maximum atomic E-state index is 13.6. The zero-order chi connectivity index (χ0) is 15.4. The molecule has 0 spiro atoms. The molecule has 1 aromatic rings. The third-order valence-corrected chi connectivity index (χ3v) is 3.83. The number of carbonyl (C=O) groups is 2. The summed E-state index contributed by atoms with van der Waals surface area (Å²) in [6, 6.07) is 4.19. The van der Waals surface area contributed by atoms with Crippen LogP contribution >= 0.6 is 0 Å². The number of amides is 1. The van der Waals surface area contributed by atoms with Crippen LogP contribution in [0.4, 0.5) is 4.39 Å². The molecule has 6 heteroatoms. The van der Waals surface area contributed by atoms with Crippen molar-refractivity contribution < 1.29 is 18.7 Å². The Labute approximate surface area is 122 Å². The quantitative estimate of drug-likeness (QED) is 0.829. The minimum absolute atomic E-state index is 0.102. The van der Waals surface area contributed by atoms with E-state index in [-0.39, 0.29) is 29.9 Å². The molecule has 1 aromatic carbocycles. The molecule has 114 valence electrons. The molecule has 2 N–H and O–H groups in total. The first-order valence-electron chi connectivity index (χ1n) is 6.89. The van der Waals surface area contributed by atoms with Gasteiger partial charge in [-0.25, -0.2) is 4.39 Å². The maximum absolute atomic E-state index is 13.6. The summed E-state index contributed by atoms with van der Waals surface area (Å²) in [7, 11) is 1.38. The van der Waals surface area contributed by atoms with Crippen LogP contribution in [0.3, 0.4) is 0 Å². The molecular formula is C15H19FN2O3. The minimum atomic E-state index is -0.546. The number of ether oxygens (including phenoxy) is 1. The Morgan fingerprint density at radius 3 is 2.57 bits per heavy atom. The Kier molecular flexibility index (Phi) is 4.90. The van der Waals surface area contributed by atoms with Crippen molar-refractivity contribution in [2.45, 2.75) is 12.8 Å². The van der Waals surface area contributed by atoms with E-state index in [9.17, 15) is 14.0 Å². The number of piperidine rings is 1. The topological polar surface area (TPSA) is 72.6 Å². The molecule has 0 atom stereocenters. The normalized spacial score (nSPS) is 16.7. The number of ketones is 1. The third-order valence-electron chi connectivity index (χ3n) is 3.83. The summed E-state index contributed by atoms with van der Waals surface area (Å²) in [5.41, 5.74) is 5.60. The SMILES string of the molecule is COc1ccc(C(=O)CN2CCC(C(N)=O)CC2)cc1F. The van der Waals surface area contributed by atoms with E-state index >= 15 is 0 Å². The first-order valence-corrected chi connectivity index (χ1v) is 6.89. The van der Waals surface area contributed by atoms with Crippen LogP contribution in [0.5, 0.6) is 5.75 Å². The second-order valence-electron chi connectivity index (χ2n) is 5.23. The summed E-state index contributed by atoms with van der Waals surface area (Å²) >= 11 is 0. The average Bonchev–Trinajstić information content (AvgIpc) is 2.47. The molecule has 2 rings (SSSR count). The molecule has 1 fully saturated rings. The molecule has 0 unspecified atom stereocenters. The van der Waals surface area contributed by atoms with Gasteiger partial charge in [0.15, 0.2) is 17.3 Å². The van der Waals surface area contributed by atoms with Gasteiger partial charge in [-0.3, -0.25) is 14.5 Å². The highest BCUT2D eigenvalue weighted by molar-refractivity contribution is 5.97. The molecular weight excluding hydrogens is 275 g/mol. The van der Waals surface area contributed by atoms with Crippen molar-refractivity contribution in [3.63, 3.8) is 0 Å². The number of hydrogen-bond donors (Lipinski definition) is 1. The lowest BCUT2D eigenvalue weighted by Gasteiger charge is -2.29. The number of likely N-dealkylation sites (tertiary alicyclic amines) is 1. The smallest absolute Gasteiger partial charge is 0.220 e. The van der Waals surface area contributed by atoms with E-state index in [0.717, 1.165) is 0 Å². The Bertz CT molecular complexity index is 540. The molecule has 0 saturated carbocycles. The first-order chi connectivity index (χ1) is 10.0. The molecule has 21 heavy (non-hydrogen) atoms. The van der Waals surface area contributed by atoms with Crippen LogP contribution in [0.1, 0.15) is 23.2 Å². The van der Waals surface area contributed by atoms with Gasteiger partial charge in [-0.2, -0.15) is 0 Å². The van der Waals surface area contributed by atoms with Crippen molar-refractivity contribution in [1.82, 2.24) is 4.90 Å². The summed E-state index contributed by atoms with van der Waals surface area (Å²) in [5, 5.41) is 0. The third kappa shape index (κ3) is 3.78. The number of benzene rings is 1. The summed E-state index contributed by atoms with van der Waals surface area (Å²) in [5.74, 6) is -0.952. The summed E-state index contributed by atoms with van der Waals surface area (Å²) in [6.45, 7) is 1.52. The highest BCUT2D eigenvalue weighted by atomic mass is 19.1. The Morgan fingerprint density at radius 2 is 2.05 bits per heavy atom. The van der Waals surface area contributed by atoms with Gasteiger partial charge in [0.1, 0.15) is 0 Å². The zero-order valence-corrected chi connectivity index (χ0v) is 12.0. The number of hydrogen-bond acceptors (Lipinski definition) is 4. The van der Waals surface area contributed by atoms with Crippen LogP contribution in [0.25, 0.3) is 0 Å². The van der Waals surface area contributed by atoms with Crippen molar-refractivity contribution in [3.05, 3.63) is 29.6 Å². The van der Waals surface area contributed by atoms with Gasteiger partial charge in [0.05, 0.1) is 13.7 Å². The Morgan fingerprint density at radius 1 is 1.38 bits per heavy atom. The number of primary amides is 1. The predicted octanol–water partition coefficient (Wildman–Crippen LogP) is 1.21. The number of carbonyl (C=O) groups excluding carboxylic acids is 2. The van der Waals surface area contributed by atoms with Crippen molar-refractivity contribution in [2.75, 3.05) is 26.7 Å². The monoisotopic (exact) mass is 294 g/mol. The largest absolute Gasteiger partial charge is 0.494 e. The van der Waals surface area contributed by atoms with Gasteiger partial charge in [-0.05, 0) is 44.1 Å². The van der Waals surface area contributed by atoms with Gasteiger partial charge >= 0.3 is 0 Å². The van der Waals surface area contributed by atoms with E-state index in [1.807, 2.05) is 4.90 Å². The van der Waals surface area contributed by atoms with E-state index in [2.05, 4.69) is 0 Å². The zero-order valence-electron chi connectivity index (χ0n) is 12.0. The van der Waals surface area contributed by atoms with Crippen LogP contribution in [0.15, 0.2) is 18.2 Å². The predicted molar refractivity (Wildman–Crippen MR) is 75.6 cm³/mol. The molecule has 0 radical (unpaired) electrons. The minimum Gasteiger partial charge on any atom is -0.494 e. The number of nitrogens with zero attached hydrogens (tertiary/aromatic N) is 1. The maximum Gasteiger partial charge on any atom is 0.220 e. The van der Waals surface area contributed by atoms with Crippen molar-refractivity contribution in [1.29, 1.82) is 0 Å². The average molecular weight is 294 g/mol. The number of Topliss-reactive ketones (excluding diaryl/α,β-unsaturated/α-hetero) is 1. The van der Waals surface area contributed by atoms with Gasteiger partial charge in [-0.1, -0.05) is 0 Å². The lowest BCUT2D eigenvalue weighted by molar-refractivity contribution is -0.123. The van der Waals surface area contributed by atoms with Crippen molar-refractivity contribution in [2.24, 2.45) is 11.7 Å². The second kappa shape index (κ2) is 6.67. The van der Waals surface area contributed by atoms with Crippen LogP contribution in [0, 0.1) is 11.7 Å². The molecule has 0 bridgehead atoms. The summed E-state index contributed by atoms with van der Waals surface area (Å²) < 4.78 is 18.4. The lowest BCUT2D eigenvalue weighted by atomic mass is 9.96. The molecule has 0 aliphatic carbocycles. The van der Waals surface area contributed by atoms with Crippen LogP contribution in [0.2, 0.25) is 0 Å². The molecule has 1 heterocycles. The molecule has 1 aliphatic rings. The molecule has 0 aromatic heterocycles. The number of rotatable bonds is 5. The van der Waals surface area contributed by atoms with Gasteiger partial charge in [0, 0.05) is 11.5 Å². The van der Waals surface area contributed by atoms with Gasteiger partial charge in [0.25, 0.3) is 0 Å². The second-order valence-corrected chi connectivity index (χ2v) is 5.23. The van der Waals surface area contributed by atoms with Crippen molar-refractivity contribution >= 4 is 11.7 Å². The summed E-state index contributed by atoms with van der Waals surface area (Å²) in [4.78, 5) is 25.2. The highest BCUT2D eigenvalue weighted by Gasteiger charge is 2.24. The molecule has 1 aliphatic heterocycles. The fourth-order valence-corrected chi connectivity index (χ4v) is 2.51. The van der Waals surface area contributed by atoms with Crippen LogP contribution < -0.4 is 10.5 Å². The first kappa shape index (κ1) is 15.4. The van der Waals surface area contributed by atoms with E-state index in [0.29, 0.717) is 31.5 Å². The molecule has 1 saturated heterocycles. The van der Waals surface area contributed by atoms with E-state index in [1.165, 1.54) is 19.2 Å². The fourth-order valence-electron chi connectivity index (χ4n) is 2.51. The highest BCUT2D eigenvalue weighted by Crippen LogP contribution is 2.20. The Hall–Kier alpha value is -1.95. The van der Waals surface area contributed by atoms with Crippen LogP contribution in [-0.4, -0.2) is 43.3 Å². The standard InChI is InChI=1S/C15H19FN2O3/c1-21-14-3-2-11(8-12(14)16)13(19)9-18-6-4-10(5-7-18)15(17)20/h2-3,8,10H,4-7,9H2,1H3,(H2,17,20). The summed E-state index contributed by atoms with van der Waals surface area (Å²) in [6.07, 6.45) is 1.33. The lowest BCUT2D eigenvalue weighted by Crippen LogP contribution is -2.40. The Balaban J connectivity index is 1.93. The van der Waals surface area contributed by atoms with Crippen molar-refractivity contribution in [3.8, 4) is 5.75 Å². The van der Waals surface area contributed by atoms with Gasteiger partial charge in [-0.15, -0.1) is 0 Å². The number of nitrogens with two attached hydrogens (primary N) is 1. The van der Waals surface area contributed by atoms with Gasteiger partial charge in [0.2, 0.25) is 5.91 Å². The molecule has 1 amide bonds. The van der Waals surface area contributed by atoms with Crippen LogP contribution in [-0.2, 0) is 4.79 Å².